The fourth-order valence-electron chi connectivity index (χ4n) is 4.41. The van der Waals surface area contributed by atoms with Gasteiger partial charge in [-0.3, -0.25) is 10.1 Å². The number of esters is 1. The van der Waals surface area contributed by atoms with Crippen molar-refractivity contribution in [1.82, 2.24) is 5.32 Å². The van der Waals surface area contributed by atoms with Crippen LogP contribution in [-0.4, -0.2) is 25.7 Å². The summed E-state index contributed by atoms with van der Waals surface area (Å²) in [7, 11) is 1.38. The molecule has 1 unspecified atom stereocenters. The summed E-state index contributed by atoms with van der Waals surface area (Å²) in [4.78, 5) is 13.0. The summed E-state index contributed by atoms with van der Waals surface area (Å²) in [6, 6.07) is 38.8. The minimum atomic E-state index is -0.841. The Hall–Kier alpha value is -4.24. The Morgan fingerprint density at radius 3 is 1.83 bits per heavy atom. The summed E-state index contributed by atoms with van der Waals surface area (Å²) in [5, 5.41) is 12.8. The number of hydrogen-bond donors (Lipinski definition) is 1. The predicted octanol–water partition coefficient (Wildman–Crippen LogP) is 5.20. The smallest absolute Gasteiger partial charge is 0.325 e. The molecule has 0 fully saturated rings. The number of nitrogens with zero attached hydrogens (tertiary/aromatic N) is 1. The third-order valence-corrected chi connectivity index (χ3v) is 6.11. The summed E-state index contributed by atoms with van der Waals surface area (Å²) >= 11 is 0. The molecule has 0 aliphatic carbocycles. The minimum absolute atomic E-state index is 0.0811. The largest absolute Gasteiger partial charge is 0.468 e. The molecule has 0 aromatic heterocycles. The van der Waals surface area contributed by atoms with Crippen LogP contribution in [0.4, 0.5) is 0 Å². The predicted molar refractivity (Wildman–Crippen MR) is 139 cm³/mol. The van der Waals surface area contributed by atoms with E-state index in [4.69, 9.17) is 9.47 Å². The fraction of sp³-hybridized carbons (Fsp3) is 0.161. The monoisotopic (exact) mass is 476 g/mol. The number of hydrogen-bond acceptors (Lipinski definition) is 5. The quantitative estimate of drug-likeness (QED) is 0.252. The van der Waals surface area contributed by atoms with Crippen LogP contribution >= 0.6 is 0 Å². The van der Waals surface area contributed by atoms with E-state index in [0.29, 0.717) is 5.56 Å². The van der Waals surface area contributed by atoms with E-state index >= 15 is 0 Å². The van der Waals surface area contributed by atoms with Crippen molar-refractivity contribution in [1.29, 1.82) is 5.26 Å². The SMILES string of the molecule is COC(=O)C(COCc1cccc(C#N)c1)NC(c1ccccc1)(c1ccccc1)c1ccccc1. The molecule has 0 saturated carbocycles. The van der Waals surface area contributed by atoms with Crippen LogP contribution in [-0.2, 0) is 26.4 Å². The second-order valence-electron chi connectivity index (χ2n) is 8.40. The second kappa shape index (κ2) is 11.9. The average molecular weight is 477 g/mol. The summed E-state index contributed by atoms with van der Waals surface area (Å²) in [5.74, 6) is -0.423. The second-order valence-corrected chi connectivity index (χ2v) is 8.40. The highest BCUT2D eigenvalue weighted by Crippen LogP contribution is 2.37. The van der Waals surface area contributed by atoms with Gasteiger partial charge in [-0.1, -0.05) is 103 Å². The van der Waals surface area contributed by atoms with E-state index in [1.165, 1.54) is 7.11 Å². The molecule has 1 N–H and O–H groups in total. The first-order valence-electron chi connectivity index (χ1n) is 11.8. The lowest BCUT2D eigenvalue weighted by atomic mass is 9.76. The number of nitriles is 1. The highest BCUT2D eigenvalue weighted by molar-refractivity contribution is 5.76. The van der Waals surface area contributed by atoms with Crippen molar-refractivity contribution in [2.45, 2.75) is 18.2 Å². The van der Waals surface area contributed by atoms with E-state index in [1.807, 2.05) is 66.7 Å². The molecule has 4 rings (SSSR count). The third kappa shape index (κ3) is 5.52. The first-order chi connectivity index (χ1) is 17.7. The van der Waals surface area contributed by atoms with Gasteiger partial charge in [0.25, 0.3) is 0 Å². The molecule has 5 nitrogen and oxygen atoms in total. The van der Waals surface area contributed by atoms with Gasteiger partial charge in [0.2, 0.25) is 0 Å². The fourth-order valence-corrected chi connectivity index (χ4v) is 4.41. The van der Waals surface area contributed by atoms with E-state index in [9.17, 15) is 10.1 Å². The highest BCUT2D eigenvalue weighted by Gasteiger charge is 2.40. The van der Waals surface area contributed by atoms with Crippen LogP contribution in [0.2, 0.25) is 0 Å². The van der Waals surface area contributed by atoms with Crippen molar-refractivity contribution in [3.8, 4) is 6.07 Å². The van der Waals surface area contributed by atoms with E-state index in [2.05, 4.69) is 47.8 Å². The number of ether oxygens (including phenoxy) is 2. The molecule has 1 atom stereocenters. The van der Waals surface area contributed by atoms with E-state index in [0.717, 1.165) is 22.3 Å². The van der Waals surface area contributed by atoms with Crippen LogP contribution in [0.25, 0.3) is 0 Å². The Morgan fingerprint density at radius 1 is 0.833 bits per heavy atom. The maximum absolute atomic E-state index is 13.0. The van der Waals surface area contributed by atoms with E-state index in [1.54, 1.807) is 12.1 Å². The van der Waals surface area contributed by atoms with E-state index in [-0.39, 0.29) is 13.2 Å². The van der Waals surface area contributed by atoms with Gasteiger partial charge in [0.05, 0.1) is 37.5 Å². The zero-order valence-corrected chi connectivity index (χ0v) is 20.1. The first-order valence-corrected chi connectivity index (χ1v) is 11.8. The number of carbonyl (C=O) groups is 1. The Labute approximate surface area is 211 Å². The lowest BCUT2D eigenvalue weighted by Crippen LogP contribution is -2.54. The molecule has 0 spiro atoms. The zero-order valence-electron chi connectivity index (χ0n) is 20.1. The molecule has 0 heterocycles. The van der Waals surface area contributed by atoms with Crippen LogP contribution in [0.1, 0.15) is 27.8 Å². The Bertz CT molecular complexity index is 1210. The molecule has 0 amide bonds. The summed E-state index contributed by atoms with van der Waals surface area (Å²) in [6.45, 7) is 0.345. The average Bonchev–Trinajstić information content (AvgIpc) is 2.96. The summed E-state index contributed by atoms with van der Waals surface area (Å²) in [5.41, 5.74) is 3.54. The van der Waals surface area contributed by atoms with Gasteiger partial charge in [-0.25, -0.2) is 0 Å². The lowest BCUT2D eigenvalue weighted by molar-refractivity contribution is -0.145. The molecule has 4 aromatic carbocycles. The first kappa shape index (κ1) is 24.9. The van der Waals surface area contributed by atoms with Crippen LogP contribution in [0.5, 0.6) is 0 Å². The lowest BCUT2D eigenvalue weighted by Gasteiger charge is -2.39. The Kier molecular flexibility index (Phi) is 8.25. The molecule has 4 aromatic rings. The maximum atomic E-state index is 13.0. The number of benzene rings is 4. The Balaban J connectivity index is 1.73. The molecule has 0 aliphatic heterocycles. The molecule has 180 valence electrons. The zero-order chi connectivity index (χ0) is 25.2. The topological polar surface area (TPSA) is 71.3 Å². The van der Waals surface area contributed by atoms with Crippen LogP contribution in [0.3, 0.4) is 0 Å². The van der Waals surface area contributed by atoms with Crippen molar-refractivity contribution in [3.05, 3.63) is 143 Å². The molecule has 36 heavy (non-hydrogen) atoms. The number of methoxy groups -OCH3 is 1. The van der Waals surface area contributed by atoms with E-state index < -0.39 is 17.6 Å². The van der Waals surface area contributed by atoms with Crippen molar-refractivity contribution in [3.63, 3.8) is 0 Å². The van der Waals surface area contributed by atoms with Gasteiger partial charge in [0.1, 0.15) is 6.04 Å². The summed E-state index contributed by atoms with van der Waals surface area (Å²) < 4.78 is 11.2. The third-order valence-electron chi connectivity index (χ3n) is 6.11. The summed E-state index contributed by atoms with van der Waals surface area (Å²) in [6.07, 6.45) is 0. The molecule has 0 bridgehead atoms. The molecule has 0 radical (unpaired) electrons. The normalized spacial score (nSPS) is 11.9. The van der Waals surface area contributed by atoms with Gasteiger partial charge in [-0.15, -0.1) is 0 Å². The van der Waals surface area contributed by atoms with Crippen molar-refractivity contribution in [2.75, 3.05) is 13.7 Å². The molecular formula is C31H28N2O3. The van der Waals surface area contributed by atoms with Crippen LogP contribution < -0.4 is 5.32 Å². The molecule has 0 saturated heterocycles. The van der Waals surface area contributed by atoms with Gasteiger partial charge in [-0.05, 0) is 34.4 Å². The molecule has 0 aliphatic rings. The number of carbonyl (C=O) groups excluding carboxylic acids is 1. The van der Waals surface area contributed by atoms with Crippen LogP contribution in [0.15, 0.2) is 115 Å². The van der Waals surface area contributed by atoms with Crippen molar-refractivity contribution < 1.29 is 14.3 Å². The van der Waals surface area contributed by atoms with Crippen molar-refractivity contribution in [2.24, 2.45) is 0 Å². The Morgan fingerprint density at radius 2 is 1.36 bits per heavy atom. The van der Waals surface area contributed by atoms with Gasteiger partial charge in [-0.2, -0.15) is 5.26 Å². The molecular weight excluding hydrogens is 448 g/mol. The number of nitrogens with one attached hydrogen (secondary N) is 1. The molecule has 5 heteroatoms. The van der Waals surface area contributed by atoms with Crippen LogP contribution in [0, 0.1) is 11.3 Å². The minimum Gasteiger partial charge on any atom is -0.468 e. The van der Waals surface area contributed by atoms with Gasteiger partial charge in [0.15, 0.2) is 0 Å². The van der Waals surface area contributed by atoms with Crippen molar-refractivity contribution >= 4 is 5.97 Å². The number of rotatable bonds is 10. The van der Waals surface area contributed by atoms with Gasteiger partial charge >= 0.3 is 5.97 Å². The van der Waals surface area contributed by atoms with Gasteiger partial charge < -0.3 is 9.47 Å². The standard InChI is InChI=1S/C31H28N2O3/c1-35-30(34)29(23-36-22-25-13-11-12-24(20-25)21-32)33-31(26-14-5-2-6-15-26,27-16-7-3-8-17-27)28-18-9-4-10-19-28/h2-20,29,33H,22-23H2,1H3. The van der Waals surface area contributed by atoms with Gasteiger partial charge in [0, 0.05) is 0 Å². The highest BCUT2D eigenvalue weighted by atomic mass is 16.5. The maximum Gasteiger partial charge on any atom is 0.325 e.